The Hall–Kier alpha value is -1.19. The molecule has 1 atom stereocenters. The lowest BCUT2D eigenvalue weighted by Gasteiger charge is -2.21. The van der Waals surface area contributed by atoms with E-state index in [1.54, 1.807) is 0 Å². The zero-order chi connectivity index (χ0) is 15.4. The Kier molecular flexibility index (Phi) is 5.54. The van der Waals surface area contributed by atoms with Crippen molar-refractivity contribution < 1.29 is 0 Å². The van der Waals surface area contributed by atoms with E-state index in [0.29, 0.717) is 0 Å². The van der Waals surface area contributed by atoms with Crippen LogP contribution in [0.2, 0.25) is 0 Å². The van der Waals surface area contributed by atoms with E-state index < -0.39 is 0 Å². The lowest BCUT2D eigenvalue weighted by atomic mass is 9.96. The second kappa shape index (κ2) is 7.19. The van der Waals surface area contributed by atoms with Crippen molar-refractivity contribution in [3.05, 3.63) is 50.5 Å². The maximum absolute atomic E-state index is 4.90. The van der Waals surface area contributed by atoms with Gasteiger partial charge >= 0.3 is 0 Å². The maximum atomic E-state index is 4.90. The Morgan fingerprint density at radius 2 is 1.81 bits per heavy atom. The number of aromatic nitrogens is 1. The smallest absolute Gasteiger partial charge is 0.115 e. The summed E-state index contributed by atoms with van der Waals surface area (Å²) in [7, 11) is 0. The molecule has 0 spiro atoms. The van der Waals surface area contributed by atoms with Gasteiger partial charge in [0.05, 0.1) is 11.7 Å². The summed E-state index contributed by atoms with van der Waals surface area (Å²) >= 11 is 1.84. The van der Waals surface area contributed by atoms with Crippen LogP contribution in [0.1, 0.15) is 58.6 Å². The molecule has 0 saturated heterocycles. The standard InChI is InChI=1S/C18H26N2S/c1-6-11-19-17(16-12(3)9-8-10-13(16)4)18-20-15(7-2)14(5)21-18/h8-10,17,19H,6-7,11H2,1-5H3. The third-order valence-corrected chi connectivity index (χ3v) is 5.00. The van der Waals surface area contributed by atoms with Crippen molar-refractivity contribution in [3.63, 3.8) is 0 Å². The van der Waals surface area contributed by atoms with Gasteiger partial charge in [0.2, 0.25) is 0 Å². The fraction of sp³-hybridized carbons (Fsp3) is 0.500. The topological polar surface area (TPSA) is 24.9 Å². The van der Waals surface area contributed by atoms with Gasteiger partial charge in [-0.25, -0.2) is 4.98 Å². The van der Waals surface area contributed by atoms with Crippen LogP contribution in [-0.2, 0) is 6.42 Å². The van der Waals surface area contributed by atoms with Gasteiger partial charge in [0, 0.05) is 4.88 Å². The average molecular weight is 302 g/mol. The molecule has 0 amide bonds. The fourth-order valence-electron chi connectivity index (χ4n) is 2.79. The van der Waals surface area contributed by atoms with E-state index in [4.69, 9.17) is 4.98 Å². The summed E-state index contributed by atoms with van der Waals surface area (Å²) in [5.41, 5.74) is 5.32. The van der Waals surface area contributed by atoms with Crippen molar-refractivity contribution in [2.24, 2.45) is 0 Å². The van der Waals surface area contributed by atoms with Gasteiger partial charge < -0.3 is 5.32 Å². The Labute approximate surface area is 132 Å². The van der Waals surface area contributed by atoms with Crippen molar-refractivity contribution in [1.29, 1.82) is 0 Å². The molecule has 2 rings (SSSR count). The van der Waals surface area contributed by atoms with Crippen LogP contribution in [0, 0.1) is 20.8 Å². The first kappa shape index (κ1) is 16.2. The maximum Gasteiger partial charge on any atom is 0.115 e. The van der Waals surface area contributed by atoms with Gasteiger partial charge in [-0.05, 0) is 56.8 Å². The van der Waals surface area contributed by atoms with E-state index in [1.165, 1.54) is 32.3 Å². The van der Waals surface area contributed by atoms with Gasteiger partial charge in [-0.3, -0.25) is 0 Å². The number of nitrogens with zero attached hydrogens (tertiary/aromatic N) is 1. The van der Waals surface area contributed by atoms with Crippen LogP contribution >= 0.6 is 11.3 Å². The highest BCUT2D eigenvalue weighted by Gasteiger charge is 2.21. The average Bonchev–Trinajstić information content (AvgIpc) is 2.83. The van der Waals surface area contributed by atoms with E-state index >= 15 is 0 Å². The monoisotopic (exact) mass is 302 g/mol. The Balaban J connectivity index is 2.47. The molecule has 2 aromatic rings. The predicted molar refractivity (Wildman–Crippen MR) is 92.3 cm³/mol. The van der Waals surface area contributed by atoms with E-state index in [9.17, 15) is 0 Å². The molecule has 1 aromatic carbocycles. The molecule has 0 aliphatic carbocycles. The highest BCUT2D eigenvalue weighted by molar-refractivity contribution is 7.11. The quantitative estimate of drug-likeness (QED) is 0.835. The second-order valence-electron chi connectivity index (χ2n) is 5.60. The molecular weight excluding hydrogens is 276 g/mol. The molecule has 0 saturated carbocycles. The number of hydrogen-bond donors (Lipinski definition) is 1. The van der Waals surface area contributed by atoms with Gasteiger partial charge in [-0.1, -0.05) is 32.0 Å². The molecule has 0 fully saturated rings. The third-order valence-electron chi connectivity index (χ3n) is 3.92. The Morgan fingerprint density at radius 1 is 1.14 bits per heavy atom. The Morgan fingerprint density at radius 3 is 2.33 bits per heavy atom. The number of nitrogens with one attached hydrogen (secondary N) is 1. The van der Waals surface area contributed by atoms with Gasteiger partial charge in [-0.15, -0.1) is 11.3 Å². The first-order valence-corrected chi connectivity index (χ1v) is 8.65. The normalized spacial score (nSPS) is 12.6. The molecule has 0 aliphatic heterocycles. The minimum Gasteiger partial charge on any atom is -0.304 e. The third kappa shape index (κ3) is 3.53. The number of thiazole rings is 1. The highest BCUT2D eigenvalue weighted by atomic mass is 32.1. The zero-order valence-electron chi connectivity index (χ0n) is 13.8. The number of aryl methyl sites for hydroxylation is 4. The van der Waals surface area contributed by atoms with E-state index in [2.05, 4.69) is 58.1 Å². The van der Waals surface area contributed by atoms with Crippen molar-refractivity contribution in [1.82, 2.24) is 10.3 Å². The van der Waals surface area contributed by atoms with Crippen LogP contribution < -0.4 is 5.32 Å². The van der Waals surface area contributed by atoms with Crippen molar-refractivity contribution >= 4 is 11.3 Å². The molecule has 1 unspecified atom stereocenters. The molecule has 1 aromatic heterocycles. The van der Waals surface area contributed by atoms with Gasteiger partial charge in [0.1, 0.15) is 5.01 Å². The fourth-order valence-corrected chi connectivity index (χ4v) is 3.88. The largest absolute Gasteiger partial charge is 0.304 e. The van der Waals surface area contributed by atoms with Crippen LogP contribution in [-0.4, -0.2) is 11.5 Å². The molecule has 1 N–H and O–H groups in total. The summed E-state index contributed by atoms with van der Waals surface area (Å²) in [5, 5.41) is 4.90. The van der Waals surface area contributed by atoms with Gasteiger partial charge in [-0.2, -0.15) is 0 Å². The summed E-state index contributed by atoms with van der Waals surface area (Å²) < 4.78 is 0. The molecule has 0 bridgehead atoms. The molecule has 1 heterocycles. The first-order valence-electron chi connectivity index (χ1n) is 7.84. The van der Waals surface area contributed by atoms with Crippen molar-refractivity contribution in [3.8, 4) is 0 Å². The van der Waals surface area contributed by atoms with Crippen LogP contribution in [0.3, 0.4) is 0 Å². The molecule has 2 nitrogen and oxygen atoms in total. The summed E-state index contributed by atoms with van der Waals surface area (Å²) in [4.78, 5) is 6.25. The van der Waals surface area contributed by atoms with Crippen LogP contribution in [0.25, 0.3) is 0 Å². The molecular formula is C18H26N2S. The summed E-state index contributed by atoms with van der Waals surface area (Å²) in [6.45, 7) is 12.0. The number of benzene rings is 1. The highest BCUT2D eigenvalue weighted by Crippen LogP contribution is 2.32. The lowest BCUT2D eigenvalue weighted by Crippen LogP contribution is -2.24. The zero-order valence-corrected chi connectivity index (χ0v) is 14.6. The summed E-state index contributed by atoms with van der Waals surface area (Å²) in [6, 6.07) is 6.75. The minimum atomic E-state index is 0.218. The molecule has 114 valence electrons. The molecule has 0 aliphatic rings. The van der Waals surface area contributed by atoms with E-state index in [0.717, 1.165) is 19.4 Å². The number of hydrogen-bond acceptors (Lipinski definition) is 3. The van der Waals surface area contributed by atoms with E-state index in [-0.39, 0.29) is 6.04 Å². The van der Waals surface area contributed by atoms with Crippen molar-refractivity contribution in [2.75, 3.05) is 6.54 Å². The van der Waals surface area contributed by atoms with Crippen LogP contribution in [0.5, 0.6) is 0 Å². The molecule has 3 heteroatoms. The molecule has 21 heavy (non-hydrogen) atoms. The number of rotatable bonds is 6. The summed E-state index contributed by atoms with van der Waals surface area (Å²) in [5.74, 6) is 0. The summed E-state index contributed by atoms with van der Waals surface area (Å²) in [6.07, 6.45) is 2.14. The minimum absolute atomic E-state index is 0.218. The lowest BCUT2D eigenvalue weighted by molar-refractivity contribution is 0.590. The first-order chi connectivity index (χ1) is 10.1. The second-order valence-corrected chi connectivity index (χ2v) is 6.84. The molecule has 0 radical (unpaired) electrons. The van der Waals surface area contributed by atoms with Crippen LogP contribution in [0.4, 0.5) is 0 Å². The SMILES string of the molecule is CCCNC(c1nc(CC)c(C)s1)c1c(C)cccc1C. The predicted octanol–water partition coefficient (Wildman–Crippen LogP) is 4.72. The van der Waals surface area contributed by atoms with E-state index in [1.807, 2.05) is 11.3 Å². The van der Waals surface area contributed by atoms with Crippen LogP contribution in [0.15, 0.2) is 18.2 Å². The van der Waals surface area contributed by atoms with Crippen molar-refractivity contribution in [2.45, 2.75) is 53.5 Å². The van der Waals surface area contributed by atoms with Gasteiger partial charge in [0.25, 0.3) is 0 Å². The Bertz CT molecular complexity index is 581. The van der Waals surface area contributed by atoms with Gasteiger partial charge in [0.15, 0.2) is 0 Å².